The summed E-state index contributed by atoms with van der Waals surface area (Å²) in [6.45, 7) is 2.26. The topological polar surface area (TPSA) is 62.3 Å². The van der Waals surface area contributed by atoms with Gasteiger partial charge >= 0.3 is 5.97 Å². The van der Waals surface area contributed by atoms with Crippen LogP contribution < -0.4 is 4.74 Å². The number of carboxylic acid groups (broad SMARTS) is 1. The van der Waals surface area contributed by atoms with E-state index in [0.29, 0.717) is 13.0 Å². The number of nitrogens with one attached hydrogen (secondary N) is 1. The first kappa shape index (κ1) is 21.0. The number of aromatic amines is 1. The van der Waals surface area contributed by atoms with Gasteiger partial charge in [-0.3, -0.25) is 4.79 Å². The second-order valence-corrected chi connectivity index (χ2v) is 8.21. The lowest BCUT2D eigenvalue weighted by Crippen LogP contribution is -2.12. The zero-order chi connectivity index (χ0) is 21.8. The molecule has 0 aliphatic rings. The minimum absolute atomic E-state index is 0.448. The molecule has 0 spiro atoms. The van der Waals surface area contributed by atoms with E-state index < -0.39 is 11.9 Å². The molecule has 0 amide bonds. The van der Waals surface area contributed by atoms with Gasteiger partial charge in [0.2, 0.25) is 0 Å². The summed E-state index contributed by atoms with van der Waals surface area (Å²) in [6, 6.07) is 22.0. The maximum absolute atomic E-state index is 11.3. The Balaban J connectivity index is 1.61. The van der Waals surface area contributed by atoms with Crippen LogP contribution in [-0.4, -0.2) is 22.7 Å². The molecule has 0 radical (unpaired) electrons. The number of carbonyl (C=O) groups is 1. The Hall–Kier alpha value is -3.24. The monoisotopic (exact) mass is 433 g/mol. The minimum Gasteiger partial charge on any atom is -0.493 e. The largest absolute Gasteiger partial charge is 0.493 e. The summed E-state index contributed by atoms with van der Waals surface area (Å²) in [5.41, 5.74) is 5.22. The van der Waals surface area contributed by atoms with Crippen molar-refractivity contribution in [3.8, 4) is 16.9 Å². The zero-order valence-electron chi connectivity index (χ0n) is 17.3. The van der Waals surface area contributed by atoms with Crippen LogP contribution >= 0.6 is 11.6 Å². The van der Waals surface area contributed by atoms with Gasteiger partial charge in [0.15, 0.2) is 0 Å². The Morgan fingerprint density at radius 1 is 1.03 bits per heavy atom. The summed E-state index contributed by atoms with van der Waals surface area (Å²) in [6.07, 6.45) is 3.16. The number of benzene rings is 3. The Kier molecular flexibility index (Phi) is 6.28. The highest BCUT2D eigenvalue weighted by molar-refractivity contribution is 6.30. The van der Waals surface area contributed by atoms with E-state index in [1.807, 2.05) is 54.7 Å². The van der Waals surface area contributed by atoms with E-state index in [4.69, 9.17) is 16.3 Å². The molecule has 0 aliphatic carbocycles. The van der Waals surface area contributed by atoms with Crippen molar-refractivity contribution >= 4 is 28.5 Å². The fraction of sp³-hybridized carbons (Fsp3) is 0.192. The molecule has 4 rings (SSSR count). The van der Waals surface area contributed by atoms with Gasteiger partial charge in [-0.15, -0.1) is 0 Å². The van der Waals surface area contributed by atoms with Crippen LogP contribution in [0.3, 0.4) is 0 Å². The van der Waals surface area contributed by atoms with Crippen LogP contribution in [-0.2, 0) is 17.6 Å². The summed E-state index contributed by atoms with van der Waals surface area (Å²) in [5.74, 6) is -0.453. The molecule has 2 N–H and O–H groups in total. The van der Waals surface area contributed by atoms with Crippen molar-refractivity contribution in [3.05, 3.63) is 89.1 Å². The van der Waals surface area contributed by atoms with Gasteiger partial charge in [0.1, 0.15) is 5.75 Å². The van der Waals surface area contributed by atoms with Crippen molar-refractivity contribution in [2.45, 2.75) is 19.8 Å². The Bertz CT molecular complexity index is 1200. The number of carboxylic acids is 1. The van der Waals surface area contributed by atoms with Crippen molar-refractivity contribution in [2.75, 3.05) is 6.61 Å². The van der Waals surface area contributed by atoms with Crippen molar-refractivity contribution in [1.29, 1.82) is 0 Å². The van der Waals surface area contributed by atoms with Gasteiger partial charge < -0.3 is 14.8 Å². The highest BCUT2D eigenvalue weighted by Gasteiger charge is 2.15. The molecule has 1 heterocycles. The number of rotatable bonds is 8. The summed E-state index contributed by atoms with van der Waals surface area (Å²) in [5, 5.41) is 11.1. The Labute approximate surface area is 186 Å². The fourth-order valence-electron chi connectivity index (χ4n) is 3.65. The van der Waals surface area contributed by atoms with Gasteiger partial charge in [-0.2, -0.15) is 0 Å². The molecule has 158 valence electrons. The molecule has 4 aromatic rings. The summed E-state index contributed by atoms with van der Waals surface area (Å²) in [7, 11) is 0. The maximum atomic E-state index is 11.3. The Morgan fingerprint density at radius 2 is 1.81 bits per heavy atom. The van der Waals surface area contributed by atoms with E-state index in [1.54, 1.807) is 6.92 Å². The molecule has 0 saturated heterocycles. The van der Waals surface area contributed by atoms with Crippen LogP contribution in [0, 0.1) is 5.92 Å². The van der Waals surface area contributed by atoms with E-state index in [2.05, 4.69) is 23.2 Å². The average molecular weight is 434 g/mol. The first-order valence-electron chi connectivity index (χ1n) is 10.3. The number of hydrogen-bond acceptors (Lipinski definition) is 2. The molecule has 0 bridgehead atoms. The van der Waals surface area contributed by atoms with Crippen molar-refractivity contribution in [1.82, 2.24) is 4.98 Å². The molecule has 1 unspecified atom stereocenters. The van der Waals surface area contributed by atoms with Crippen LogP contribution in [0.4, 0.5) is 0 Å². The lowest BCUT2D eigenvalue weighted by molar-refractivity contribution is -0.141. The highest BCUT2D eigenvalue weighted by atomic mass is 35.5. The maximum Gasteiger partial charge on any atom is 0.306 e. The van der Waals surface area contributed by atoms with Gasteiger partial charge in [0, 0.05) is 28.7 Å². The van der Waals surface area contributed by atoms with E-state index in [-0.39, 0.29) is 0 Å². The Morgan fingerprint density at radius 3 is 2.58 bits per heavy atom. The predicted molar refractivity (Wildman–Crippen MR) is 125 cm³/mol. The fourth-order valence-corrected chi connectivity index (χ4v) is 3.77. The lowest BCUT2D eigenvalue weighted by Gasteiger charge is -2.15. The molecule has 31 heavy (non-hydrogen) atoms. The molecule has 1 atom stereocenters. The number of aliphatic carboxylic acids is 1. The van der Waals surface area contributed by atoms with Crippen molar-refractivity contribution in [2.24, 2.45) is 5.92 Å². The van der Waals surface area contributed by atoms with E-state index in [0.717, 1.165) is 50.3 Å². The van der Waals surface area contributed by atoms with Crippen molar-refractivity contribution in [3.63, 3.8) is 0 Å². The first-order chi connectivity index (χ1) is 15.0. The van der Waals surface area contributed by atoms with Gasteiger partial charge in [0.25, 0.3) is 0 Å². The highest BCUT2D eigenvalue weighted by Crippen LogP contribution is 2.33. The summed E-state index contributed by atoms with van der Waals surface area (Å²) in [4.78, 5) is 14.5. The van der Waals surface area contributed by atoms with Crippen LogP contribution in [0.2, 0.25) is 5.02 Å². The van der Waals surface area contributed by atoms with E-state index in [9.17, 15) is 9.90 Å². The van der Waals surface area contributed by atoms with Crippen LogP contribution in [0.1, 0.15) is 18.1 Å². The molecule has 3 aromatic carbocycles. The molecule has 5 heteroatoms. The van der Waals surface area contributed by atoms with E-state index in [1.165, 1.54) is 0 Å². The number of ether oxygens (including phenoxy) is 1. The SMILES string of the molecule is CC(Cc1ccc(OCCc2ccc(Cl)cc2)c(-c2ccc3[nH]ccc3c2)c1)C(=O)O. The second kappa shape index (κ2) is 9.27. The number of aromatic nitrogens is 1. The predicted octanol–water partition coefficient (Wildman–Crippen LogP) is 6.37. The zero-order valence-corrected chi connectivity index (χ0v) is 18.0. The lowest BCUT2D eigenvalue weighted by atomic mass is 9.96. The van der Waals surface area contributed by atoms with Gasteiger partial charge in [-0.1, -0.05) is 42.8 Å². The van der Waals surface area contributed by atoms with Crippen LogP contribution in [0.15, 0.2) is 72.9 Å². The van der Waals surface area contributed by atoms with E-state index >= 15 is 0 Å². The molecule has 1 aromatic heterocycles. The number of fused-ring (bicyclic) bond motifs is 1. The standard InChI is InChI=1S/C26H24ClNO3/c1-17(26(29)30)14-19-4-9-25(31-13-11-18-2-6-22(27)7-3-18)23(15-19)20-5-8-24-21(16-20)10-12-28-24/h2-10,12,15-17,28H,11,13-14H2,1H3,(H,29,30). The van der Waals surface area contributed by atoms with Crippen molar-refractivity contribution < 1.29 is 14.6 Å². The summed E-state index contributed by atoms with van der Waals surface area (Å²) >= 11 is 5.96. The molecular weight excluding hydrogens is 410 g/mol. The average Bonchev–Trinajstić information content (AvgIpc) is 3.23. The first-order valence-corrected chi connectivity index (χ1v) is 10.7. The summed E-state index contributed by atoms with van der Waals surface area (Å²) < 4.78 is 6.17. The number of H-pyrrole nitrogens is 1. The second-order valence-electron chi connectivity index (χ2n) is 7.78. The third-order valence-electron chi connectivity index (χ3n) is 5.43. The van der Waals surface area contributed by atoms with Crippen LogP contribution in [0.25, 0.3) is 22.0 Å². The van der Waals surface area contributed by atoms with Gasteiger partial charge in [0.05, 0.1) is 12.5 Å². The molecule has 0 aliphatic heterocycles. The molecule has 0 saturated carbocycles. The molecule has 0 fully saturated rings. The molecule has 4 nitrogen and oxygen atoms in total. The van der Waals surface area contributed by atoms with Crippen LogP contribution in [0.5, 0.6) is 5.75 Å². The third-order valence-corrected chi connectivity index (χ3v) is 5.69. The minimum atomic E-state index is -0.793. The smallest absolute Gasteiger partial charge is 0.306 e. The third kappa shape index (κ3) is 5.09. The quantitative estimate of drug-likeness (QED) is 0.339. The van der Waals surface area contributed by atoms with Gasteiger partial charge in [-0.05, 0) is 71.0 Å². The molecular formula is C26H24ClNO3. The number of halogens is 1. The number of hydrogen-bond donors (Lipinski definition) is 2. The normalized spacial score (nSPS) is 12.1. The van der Waals surface area contributed by atoms with Gasteiger partial charge in [-0.25, -0.2) is 0 Å².